The molecule has 0 spiro atoms. The third kappa shape index (κ3) is 2.52. The minimum absolute atomic E-state index is 0.122. The summed E-state index contributed by atoms with van der Waals surface area (Å²) in [6.45, 7) is 1.99. The summed E-state index contributed by atoms with van der Waals surface area (Å²) in [7, 11) is 0. The summed E-state index contributed by atoms with van der Waals surface area (Å²) in [6, 6.07) is 7.29. The summed E-state index contributed by atoms with van der Waals surface area (Å²) in [5.41, 5.74) is 14.6. The number of hydrogen-bond acceptors (Lipinski definition) is 4. The zero-order valence-electron chi connectivity index (χ0n) is 11.1. The zero-order chi connectivity index (χ0) is 15.1. The molecule has 0 saturated heterocycles. The molecule has 5 N–H and O–H groups in total. The van der Waals surface area contributed by atoms with Crippen LogP contribution in [-0.2, 0) is 0 Å². The van der Waals surface area contributed by atoms with Crippen LogP contribution in [0.5, 0.6) is 0 Å². The molecule has 1 heterocycles. The second-order valence-corrected chi connectivity index (χ2v) is 6.05. The Morgan fingerprint density at radius 2 is 2.00 bits per heavy atom. The average molecular weight is 323 g/mol. The predicted molar refractivity (Wildman–Crippen MR) is 85.2 cm³/mol. The summed E-state index contributed by atoms with van der Waals surface area (Å²) >= 11 is 6.91. The van der Waals surface area contributed by atoms with Crippen molar-refractivity contribution in [3.63, 3.8) is 0 Å². The van der Waals surface area contributed by atoms with Crippen LogP contribution in [0.4, 0.5) is 15.8 Å². The van der Waals surface area contributed by atoms with Gasteiger partial charge in [-0.15, -0.1) is 0 Å². The second kappa shape index (κ2) is 5.13. The molecule has 108 valence electrons. The van der Waals surface area contributed by atoms with Crippen LogP contribution in [0, 0.1) is 12.7 Å². The Labute approximate surface area is 129 Å². The summed E-state index contributed by atoms with van der Waals surface area (Å²) in [4.78, 5) is 7.74. The molecule has 0 saturated carbocycles. The van der Waals surface area contributed by atoms with Gasteiger partial charge in [-0.2, -0.15) is 0 Å². The maximum absolute atomic E-state index is 14.2. The molecule has 3 rings (SSSR count). The number of halogens is 2. The first-order valence-corrected chi connectivity index (χ1v) is 7.32. The van der Waals surface area contributed by atoms with E-state index in [1.54, 1.807) is 0 Å². The molecule has 0 radical (unpaired) electrons. The number of H-pyrrole nitrogens is 1. The summed E-state index contributed by atoms with van der Waals surface area (Å²) in [5, 5.41) is 0.417. The van der Waals surface area contributed by atoms with Crippen molar-refractivity contribution in [3.05, 3.63) is 40.7 Å². The smallest absolute Gasteiger partial charge is 0.171 e. The van der Waals surface area contributed by atoms with Crippen LogP contribution in [0.2, 0.25) is 5.02 Å². The third-order valence-corrected chi connectivity index (χ3v) is 4.42. The Morgan fingerprint density at radius 3 is 2.76 bits per heavy atom. The van der Waals surface area contributed by atoms with Gasteiger partial charge in [-0.05, 0) is 42.4 Å². The molecular weight excluding hydrogens is 311 g/mol. The van der Waals surface area contributed by atoms with Crippen molar-refractivity contribution in [2.45, 2.75) is 17.0 Å². The van der Waals surface area contributed by atoms with Crippen molar-refractivity contribution < 1.29 is 4.39 Å². The van der Waals surface area contributed by atoms with Gasteiger partial charge in [-0.25, -0.2) is 9.37 Å². The SMILES string of the molecule is Cc1ccc2nc(Sc3c(N)cc(N)c(Cl)c3F)[nH]c2c1. The average Bonchev–Trinajstić information content (AvgIpc) is 2.83. The Hall–Kier alpha value is -1.92. The molecule has 3 aromatic rings. The molecule has 2 aromatic carbocycles. The molecule has 21 heavy (non-hydrogen) atoms. The molecule has 0 aliphatic heterocycles. The van der Waals surface area contributed by atoms with E-state index in [0.29, 0.717) is 5.16 Å². The first kappa shape index (κ1) is 14.0. The van der Waals surface area contributed by atoms with Crippen molar-refractivity contribution in [1.29, 1.82) is 0 Å². The van der Waals surface area contributed by atoms with Gasteiger partial charge in [0.25, 0.3) is 0 Å². The maximum atomic E-state index is 14.2. The minimum atomic E-state index is -0.629. The lowest BCUT2D eigenvalue weighted by molar-refractivity contribution is 0.604. The first-order valence-electron chi connectivity index (χ1n) is 6.13. The fourth-order valence-corrected chi connectivity index (χ4v) is 3.07. The predicted octanol–water partition coefficient (Wildman–Crippen LogP) is 3.98. The highest BCUT2D eigenvalue weighted by Gasteiger charge is 2.17. The fraction of sp³-hybridized carbons (Fsp3) is 0.0714. The van der Waals surface area contributed by atoms with Gasteiger partial charge < -0.3 is 16.5 Å². The van der Waals surface area contributed by atoms with E-state index in [4.69, 9.17) is 23.1 Å². The van der Waals surface area contributed by atoms with Crippen LogP contribution in [-0.4, -0.2) is 9.97 Å². The number of nitrogens with zero attached hydrogens (tertiary/aromatic N) is 1. The molecule has 7 heteroatoms. The standard InChI is InChI=1S/C14H12ClFN4S/c1-6-2-3-9-10(4-6)20-14(19-9)21-13-8(18)5-7(17)11(15)12(13)16/h2-5H,17-18H2,1H3,(H,19,20). The monoisotopic (exact) mass is 322 g/mol. The summed E-state index contributed by atoms with van der Waals surface area (Å²) in [5.74, 6) is -0.629. The van der Waals surface area contributed by atoms with E-state index in [9.17, 15) is 4.39 Å². The van der Waals surface area contributed by atoms with Crippen LogP contribution in [0.3, 0.4) is 0 Å². The number of rotatable bonds is 2. The Kier molecular flexibility index (Phi) is 3.43. The third-order valence-electron chi connectivity index (χ3n) is 3.03. The Morgan fingerprint density at radius 1 is 1.24 bits per heavy atom. The van der Waals surface area contributed by atoms with Crippen LogP contribution in [0.25, 0.3) is 11.0 Å². The molecular formula is C14H12ClFN4S. The topological polar surface area (TPSA) is 80.7 Å². The van der Waals surface area contributed by atoms with E-state index in [2.05, 4.69) is 9.97 Å². The van der Waals surface area contributed by atoms with Crippen molar-refractivity contribution in [3.8, 4) is 0 Å². The second-order valence-electron chi connectivity index (χ2n) is 4.68. The highest BCUT2D eigenvalue weighted by Crippen LogP contribution is 2.39. The Balaban J connectivity index is 2.04. The number of benzene rings is 2. The van der Waals surface area contributed by atoms with Gasteiger partial charge in [0, 0.05) is 0 Å². The van der Waals surface area contributed by atoms with E-state index in [1.165, 1.54) is 6.07 Å². The highest BCUT2D eigenvalue weighted by atomic mass is 35.5. The lowest BCUT2D eigenvalue weighted by Gasteiger charge is -2.08. The van der Waals surface area contributed by atoms with Gasteiger partial charge >= 0.3 is 0 Å². The maximum Gasteiger partial charge on any atom is 0.171 e. The van der Waals surface area contributed by atoms with Gasteiger partial charge in [0.15, 0.2) is 11.0 Å². The van der Waals surface area contributed by atoms with E-state index >= 15 is 0 Å². The number of aryl methyl sites for hydroxylation is 1. The van der Waals surface area contributed by atoms with Gasteiger partial charge in [0.1, 0.15) is 5.02 Å². The van der Waals surface area contributed by atoms with Crippen molar-refractivity contribution >= 4 is 45.8 Å². The summed E-state index contributed by atoms with van der Waals surface area (Å²) in [6.07, 6.45) is 0. The fourth-order valence-electron chi connectivity index (χ4n) is 2.00. The first-order chi connectivity index (χ1) is 9.95. The van der Waals surface area contributed by atoms with Gasteiger partial charge in [0.05, 0.1) is 27.3 Å². The molecule has 0 aliphatic rings. The molecule has 0 amide bonds. The number of fused-ring (bicyclic) bond motifs is 1. The van der Waals surface area contributed by atoms with Gasteiger partial charge in [-0.3, -0.25) is 0 Å². The number of anilines is 2. The van der Waals surface area contributed by atoms with Crippen molar-refractivity contribution in [1.82, 2.24) is 9.97 Å². The van der Waals surface area contributed by atoms with E-state index in [1.807, 2.05) is 25.1 Å². The molecule has 0 fully saturated rings. The largest absolute Gasteiger partial charge is 0.398 e. The number of nitrogens with one attached hydrogen (secondary N) is 1. The normalized spacial score (nSPS) is 11.2. The molecule has 0 atom stereocenters. The Bertz CT molecular complexity index is 847. The number of hydrogen-bond donors (Lipinski definition) is 3. The lowest BCUT2D eigenvalue weighted by Crippen LogP contribution is -1.98. The summed E-state index contributed by atoms with van der Waals surface area (Å²) < 4.78 is 14.2. The highest BCUT2D eigenvalue weighted by molar-refractivity contribution is 7.99. The van der Waals surface area contributed by atoms with Gasteiger partial charge in [-0.1, -0.05) is 17.7 Å². The van der Waals surface area contributed by atoms with Crippen LogP contribution >= 0.6 is 23.4 Å². The lowest BCUT2D eigenvalue weighted by atomic mass is 10.2. The van der Waals surface area contributed by atoms with Gasteiger partial charge in [0.2, 0.25) is 0 Å². The van der Waals surface area contributed by atoms with Crippen LogP contribution < -0.4 is 11.5 Å². The van der Waals surface area contributed by atoms with Crippen molar-refractivity contribution in [2.24, 2.45) is 0 Å². The van der Waals surface area contributed by atoms with Crippen molar-refractivity contribution in [2.75, 3.05) is 11.5 Å². The minimum Gasteiger partial charge on any atom is -0.398 e. The number of nitrogen functional groups attached to an aromatic ring is 2. The molecule has 0 aliphatic carbocycles. The van der Waals surface area contributed by atoms with E-state index in [-0.39, 0.29) is 21.3 Å². The van der Waals surface area contributed by atoms with E-state index in [0.717, 1.165) is 28.4 Å². The molecule has 0 unspecified atom stereocenters. The van der Waals surface area contributed by atoms with Crippen LogP contribution in [0.15, 0.2) is 34.3 Å². The molecule has 1 aromatic heterocycles. The number of aromatic amines is 1. The zero-order valence-corrected chi connectivity index (χ0v) is 12.6. The molecule has 4 nitrogen and oxygen atoms in total. The number of imidazole rings is 1. The quantitative estimate of drug-likeness (QED) is 0.623. The number of aromatic nitrogens is 2. The van der Waals surface area contributed by atoms with E-state index < -0.39 is 5.82 Å². The molecule has 0 bridgehead atoms. The van der Waals surface area contributed by atoms with Crippen LogP contribution in [0.1, 0.15) is 5.56 Å². The number of nitrogens with two attached hydrogens (primary N) is 2.